The number of H-pyrrole nitrogens is 2. The number of hydrogen-bond acceptors (Lipinski definition) is 6. The van der Waals surface area contributed by atoms with Crippen LogP contribution in [0.2, 0.25) is 0 Å². The molecule has 0 aliphatic carbocycles. The first-order chi connectivity index (χ1) is 8.08. The number of nitrogens with zero attached hydrogens (tertiary/aromatic N) is 4. The first kappa shape index (κ1) is 11.0. The third kappa shape index (κ3) is 2.22. The van der Waals surface area contributed by atoms with Crippen molar-refractivity contribution < 1.29 is 0 Å². The molecule has 0 amide bonds. The van der Waals surface area contributed by atoms with Gasteiger partial charge in [0, 0.05) is 7.05 Å². The molecule has 0 radical (unpaired) electrons. The average molecular weight is 237 g/mol. The van der Waals surface area contributed by atoms with Gasteiger partial charge in [0.2, 0.25) is 5.82 Å². The molecule has 1 unspecified atom stereocenters. The first-order valence-corrected chi connectivity index (χ1v) is 4.87. The predicted molar refractivity (Wildman–Crippen MR) is 58.5 cm³/mol. The van der Waals surface area contributed by atoms with Gasteiger partial charge in [-0.2, -0.15) is 0 Å². The van der Waals surface area contributed by atoms with Crippen LogP contribution < -0.4 is 16.6 Å². The Balaban J connectivity index is 2.25. The summed E-state index contributed by atoms with van der Waals surface area (Å²) in [4.78, 5) is 24.2. The van der Waals surface area contributed by atoms with Gasteiger partial charge in [0.25, 0.3) is 5.56 Å². The highest BCUT2D eigenvalue weighted by Gasteiger charge is 2.13. The van der Waals surface area contributed by atoms with Crippen molar-refractivity contribution in [3.63, 3.8) is 0 Å². The lowest BCUT2D eigenvalue weighted by molar-refractivity contribution is 0.709. The van der Waals surface area contributed by atoms with E-state index in [-0.39, 0.29) is 11.9 Å². The number of hydrogen-bond donors (Lipinski definition) is 3. The molecule has 9 heteroatoms. The highest BCUT2D eigenvalue weighted by Crippen LogP contribution is 2.11. The minimum Gasteiger partial charge on any atom is -0.354 e. The fourth-order valence-corrected chi connectivity index (χ4v) is 1.40. The third-order valence-corrected chi connectivity index (χ3v) is 2.20. The highest BCUT2D eigenvalue weighted by atomic mass is 16.2. The summed E-state index contributed by atoms with van der Waals surface area (Å²) in [5.41, 5.74) is -1.23. The van der Waals surface area contributed by atoms with E-state index in [2.05, 4.69) is 30.7 Å². The van der Waals surface area contributed by atoms with Crippen LogP contribution in [0.25, 0.3) is 0 Å². The van der Waals surface area contributed by atoms with Gasteiger partial charge in [0.05, 0.1) is 6.04 Å². The molecule has 0 bridgehead atoms. The van der Waals surface area contributed by atoms with Crippen molar-refractivity contribution >= 4 is 5.82 Å². The fourth-order valence-electron chi connectivity index (χ4n) is 1.40. The van der Waals surface area contributed by atoms with Crippen LogP contribution in [0.15, 0.2) is 15.9 Å². The molecule has 0 spiro atoms. The average Bonchev–Trinajstić information content (AvgIpc) is 2.68. The zero-order valence-electron chi connectivity index (χ0n) is 9.26. The van der Waals surface area contributed by atoms with E-state index in [9.17, 15) is 9.59 Å². The second-order valence-electron chi connectivity index (χ2n) is 3.52. The van der Waals surface area contributed by atoms with E-state index in [1.807, 2.05) is 0 Å². The van der Waals surface area contributed by atoms with Crippen LogP contribution in [0.1, 0.15) is 18.8 Å². The zero-order valence-corrected chi connectivity index (χ0v) is 9.26. The van der Waals surface area contributed by atoms with Gasteiger partial charge in [-0.05, 0) is 6.92 Å². The topological polar surface area (TPSA) is 121 Å². The van der Waals surface area contributed by atoms with Crippen molar-refractivity contribution in [2.45, 2.75) is 13.0 Å². The lowest BCUT2D eigenvalue weighted by atomic mass is 10.3. The molecule has 90 valence electrons. The van der Waals surface area contributed by atoms with E-state index >= 15 is 0 Å². The lowest BCUT2D eigenvalue weighted by Crippen LogP contribution is -2.28. The molecule has 1 atom stereocenters. The van der Waals surface area contributed by atoms with E-state index in [4.69, 9.17) is 0 Å². The van der Waals surface area contributed by atoms with Gasteiger partial charge in [-0.15, -0.1) is 15.3 Å². The van der Waals surface area contributed by atoms with Gasteiger partial charge in [-0.3, -0.25) is 9.78 Å². The van der Waals surface area contributed by atoms with Crippen molar-refractivity contribution in [3.8, 4) is 0 Å². The van der Waals surface area contributed by atoms with E-state index in [1.165, 1.54) is 0 Å². The summed E-state index contributed by atoms with van der Waals surface area (Å²) in [5, 5.41) is 16.2. The molecule has 0 saturated heterocycles. The van der Waals surface area contributed by atoms with Gasteiger partial charge < -0.3 is 9.88 Å². The Hall–Kier alpha value is -2.45. The molecule has 0 fully saturated rings. The van der Waals surface area contributed by atoms with E-state index < -0.39 is 11.2 Å². The molecular formula is C8H11N7O2. The van der Waals surface area contributed by atoms with Crippen LogP contribution in [0.4, 0.5) is 5.82 Å². The number of aromatic nitrogens is 6. The molecule has 0 aromatic carbocycles. The molecule has 17 heavy (non-hydrogen) atoms. The number of anilines is 1. The Kier molecular flexibility index (Phi) is 2.73. The summed E-state index contributed by atoms with van der Waals surface area (Å²) in [5.74, 6) is 0.678. The van der Waals surface area contributed by atoms with Gasteiger partial charge >= 0.3 is 5.69 Å². The standard InChI is InChI=1S/C8H11N7O2/c1-4(6-13-9-3-15(6)2)10-5-7(16)11-8(17)14-12-5/h3-4H,1-2H3,(H,10,12)(H2,11,14,16,17). The normalized spacial score (nSPS) is 12.4. The largest absolute Gasteiger partial charge is 0.354 e. The van der Waals surface area contributed by atoms with Crippen LogP contribution in [0.3, 0.4) is 0 Å². The van der Waals surface area contributed by atoms with Crippen molar-refractivity contribution in [3.05, 3.63) is 33.0 Å². The van der Waals surface area contributed by atoms with Gasteiger partial charge in [0.1, 0.15) is 6.33 Å². The molecule has 3 N–H and O–H groups in total. The van der Waals surface area contributed by atoms with Crippen LogP contribution in [0, 0.1) is 0 Å². The molecule has 0 aliphatic heterocycles. The SMILES string of the molecule is CC(Nc1n[nH]c(=O)[nH]c1=O)c1nncn1C. The maximum absolute atomic E-state index is 11.4. The number of nitrogens with one attached hydrogen (secondary N) is 3. The highest BCUT2D eigenvalue weighted by molar-refractivity contribution is 5.31. The molecule has 2 rings (SSSR count). The Morgan fingerprint density at radius 2 is 2.24 bits per heavy atom. The van der Waals surface area contributed by atoms with Gasteiger partial charge in [0.15, 0.2) is 5.82 Å². The van der Waals surface area contributed by atoms with Crippen molar-refractivity contribution in [2.24, 2.45) is 7.05 Å². The summed E-state index contributed by atoms with van der Waals surface area (Å²) < 4.78 is 1.72. The molecule has 2 heterocycles. The zero-order chi connectivity index (χ0) is 12.4. The van der Waals surface area contributed by atoms with Gasteiger partial charge in [-0.1, -0.05) is 0 Å². The molecule has 2 aromatic rings. The second-order valence-corrected chi connectivity index (χ2v) is 3.52. The number of aryl methyl sites for hydroxylation is 1. The van der Waals surface area contributed by atoms with E-state index in [1.54, 1.807) is 24.9 Å². The Morgan fingerprint density at radius 1 is 1.47 bits per heavy atom. The molecule has 9 nitrogen and oxygen atoms in total. The molecule has 2 aromatic heterocycles. The van der Waals surface area contributed by atoms with Crippen LogP contribution in [-0.4, -0.2) is 29.9 Å². The third-order valence-electron chi connectivity index (χ3n) is 2.20. The smallest absolute Gasteiger partial charge is 0.342 e. The first-order valence-electron chi connectivity index (χ1n) is 4.87. The Morgan fingerprint density at radius 3 is 2.82 bits per heavy atom. The minimum atomic E-state index is -0.646. The Labute approximate surface area is 94.9 Å². The maximum atomic E-state index is 11.4. The summed E-state index contributed by atoms with van der Waals surface area (Å²) in [6, 6.07) is -0.262. The molecule has 0 saturated carbocycles. The fraction of sp³-hybridized carbons (Fsp3) is 0.375. The maximum Gasteiger partial charge on any atom is 0.342 e. The van der Waals surface area contributed by atoms with Crippen molar-refractivity contribution in [2.75, 3.05) is 5.32 Å². The van der Waals surface area contributed by atoms with Crippen molar-refractivity contribution in [1.82, 2.24) is 29.9 Å². The van der Waals surface area contributed by atoms with Crippen molar-refractivity contribution in [1.29, 1.82) is 0 Å². The number of rotatable bonds is 3. The second kappa shape index (κ2) is 4.20. The molecule has 0 aliphatic rings. The summed E-state index contributed by atoms with van der Waals surface area (Å²) >= 11 is 0. The summed E-state index contributed by atoms with van der Waals surface area (Å²) in [7, 11) is 1.79. The minimum absolute atomic E-state index is 0.0279. The number of aromatic amines is 2. The predicted octanol–water partition coefficient (Wildman–Crippen LogP) is -1.24. The quantitative estimate of drug-likeness (QED) is 0.613. The van der Waals surface area contributed by atoms with Crippen LogP contribution >= 0.6 is 0 Å². The van der Waals surface area contributed by atoms with E-state index in [0.29, 0.717) is 5.82 Å². The monoisotopic (exact) mass is 237 g/mol. The van der Waals surface area contributed by atoms with E-state index in [0.717, 1.165) is 0 Å². The van der Waals surface area contributed by atoms with Crippen LogP contribution in [0.5, 0.6) is 0 Å². The van der Waals surface area contributed by atoms with Crippen LogP contribution in [-0.2, 0) is 7.05 Å². The van der Waals surface area contributed by atoms with Gasteiger partial charge in [-0.25, -0.2) is 9.89 Å². The Bertz CT molecular complexity index is 625. The lowest BCUT2D eigenvalue weighted by Gasteiger charge is -2.11. The molecular weight excluding hydrogens is 226 g/mol. The summed E-state index contributed by atoms with van der Waals surface area (Å²) in [6.07, 6.45) is 1.55. The summed E-state index contributed by atoms with van der Waals surface area (Å²) in [6.45, 7) is 1.80.